The molecule has 156 valence electrons. The Morgan fingerprint density at radius 2 is 1.79 bits per heavy atom. The van der Waals surface area contributed by atoms with E-state index in [4.69, 9.17) is 4.74 Å². The largest absolute Gasteiger partial charge is 0.497 e. The van der Waals surface area contributed by atoms with E-state index in [1.807, 2.05) is 69.3 Å². The molecule has 0 heterocycles. The smallest absolute Gasteiger partial charge is 0.242 e. The van der Waals surface area contributed by atoms with Crippen molar-refractivity contribution < 1.29 is 14.3 Å². The number of methoxy groups -OCH3 is 1. The molecule has 0 aliphatic heterocycles. The highest BCUT2D eigenvalue weighted by Gasteiger charge is 2.28. The summed E-state index contributed by atoms with van der Waals surface area (Å²) in [5.74, 6) is 0.573. The lowest BCUT2D eigenvalue weighted by Gasteiger charge is -2.31. The molecule has 1 N–H and O–H groups in total. The molecule has 0 unspecified atom stereocenters. The minimum Gasteiger partial charge on any atom is -0.497 e. The lowest BCUT2D eigenvalue weighted by atomic mass is 10.0. The maximum atomic E-state index is 13.3. The number of hydrogen-bond donors (Lipinski definition) is 1. The summed E-state index contributed by atoms with van der Waals surface area (Å²) in [6.07, 6.45) is 1.68. The van der Waals surface area contributed by atoms with Crippen LogP contribution in [-0.2, 0) is 22.6 Å². The van der Waals surface area contributed by atoms with Gasteiger partial charge in [-0.15, -0.1) is 0 Å². The van der Waals surface area contributed by atoms with Crippen LogP contribution in [-0.4, -0.2) is 36.4 Å². The first-order chi connectivity index (χ1) is 14.0. The van der Waals surface area contributed by atoms with Crippen LogP contribution in [0.15, 0.2) is 48.5 Å². The van der Waals surface area contributed by atoms with Crippen molar-refractivity contribution in [3.05, 3.63) is 65.2 Å². The minimum atomic E-state index is -0.509. The van der Waals surface area contributed by atoms with E-state index in [0.29, 0.717) is 19.5 Å². The van der Waals surface area contributed by atoms with Crippen LogP contribution in [0.3, 0.4) is 0 Å². The Morgan fingerprint density at radius 1 is 1.07 bits per heavy atom. The van der Waals surface area contributed by atoms with Crippen molar-refractivity contribution >= 4 is 11.8 Å². The molecule has 0 fully saturated rings. The number of ether oxygens (including phenoxy) is 1. The number of aryl methyl sites for hydroxylation is 1. The van der Waals surface area contributed by atoms with E-state index in [1.165, 1.54) is 0 Å². The SMILES string of the molecule is CCCNC(=O)[C@H](CC)N(Cc1cccc(OC)c1)C(=O)Cc1cccc(C)c1. The standard InChI is InChI=1S/C24H32N2O3/c1-5-13-25-24(28)22(6-2)26(17-20-11-8-12-21(15-20)29-4)23(27)16-19-10-7-9-18(3)14-19/h7-12,14-15,22H,5-6,13,16-17H2,1-4H3,(H,25,28)/t22-/m0/s1. The summed E-state index contributed by atoms with van der Waals surface area (Å²) in [7, 11) is 1.62. The third kappa shape index (κ3) is 6.63. The summed E-state index contributed by atoms with van der Waals surface area (Å²) < 4.78 is 5.31. The molecule has 0 spiro atoms. The van der Waals surface area contributed by atoms with Gasteiger partial charge in [-0.3, -0.25) is 9.59 Å². The van der Waals surface area contributed by atoms with Crippen molar-refractivity contribution in [2.45, 2.75) is 52.6 Å². The molecule has 0 bridgehead atoms. The second kappa shape index (κ2) is 11.2. The summed E-state index contributed by atoms with van der Waals surface area (Å²) in [6, 6.07) is 15.0. The molecule has 29 heavy (non-hydrogen) atoms. The van der Waals surface area contributed by atoms with E-state index in [1.54, 1.807) is 12.0 Å². The molecule has 2 rings (SSSR count). The highest BCUT2D eigenvalue weighted by atomic mass is 16.5. The van der Waals surface area contributed by atoms with Gasteiger partial charge in [0.1, 0.15) is 11.8 Å². The highest BCUT2D eigenvalue weighted by Crippen LogP contribution is 2.18. The first kappa shape index (κ1) is 22.5. The van der Waals surface area contributed by atoms with Gasteiger partial charge >= 0.3 is 0 Å². The molecular formula is C24H32N2O3. The number of rotatable bonds is 10. The second-order valence-corrected chi connectivity index (χ2v) is 7.25. The predicted molar refractivity (Wildman–Crippen MR) is 116 cm³/mol. The number of amides is 2. The minimum absolute atomic E-state index is 0.0584. The molecule has 5 nitrogen and oxygen atoms in total. The molecule has 0 radical (unpaired) electrons. The van der Waals surface area contributed by atoms with Gasteiger partial charge in [-0.2, -0.15) is 0 Å². The Morgan fingerprint density at radius 3 is 2.45 bits per heavy atom. The fourth-order valence-electron chi connectivity index (χ4n) is 3.35. The third-order valence-corrected chi connectivity index (χ3v) is 4.86. The Balaban J connectivity index is 2.29. The van der Waals surface area contributed by atoms with Crippen molar-refractivity contribution in [1.29, 1.82) is 0 Å². The molecule has 0 aromatic heterocycles. The monoisotopic (exact) mass is 396 g/mol. The third-order valence-electron chi connectivity index (χ3n) is 4.86. The molecule has 0 aliphatic carbocycles. The van der Waals surface area contributed by atoms with Crippen LogP contribution in [0.5, 0.6) is 5.75 Å². The van der Waals surface area contributed by atoms with Gasteiger partial charge in [0.05, 0.1) is 13.5 Å². The molecule has 0 aliphatic rings. The zero-order valence-electron chi connectivity index (χ0n) is 17.9. The Hall–Kier alpha value is -2.82. The summed E-state index contributed by atoms with van der Waals surface area (Å²) in [4.78, 5) is 27.7. The Bertz CT molecular complexity index is 819. The molecule has 2 amide bonds. The van der Waals surface area contributed by atoms with Crippen LogP contribution in [0.1, 0.15) is 43.4 Å². The summed E-state index contributed by atoms with van der Waals surface area (Å²) in [5.41, 5.74) is 3.00. The Labute approximate surface area is 174 Å². The van der Waals surface area contributed by atoms with Crippen LogP contribution in [0.2, 0.25) is 0 Å². The number of hydrogen-bond acceptors (Lipinski definition) is 3. The molecule has 1 atom stereocenters. The van der Waals surface area contributed by atoms with E-state index in [9.17, 15) is 9.59 Å². The fourth-order valence-corrected chi connectivity index (χ4v) is 3.35. The van der Waals surface area contributed by atoms with E-state index in [2.05, 4.69) is 5.32 Å². The molecular weight excluding hydrogens is 364 g/mol. The maximum Gasteiger partial charge on any atom is 0.242 e. The summed E-state index contributed by atoms with van der Waals surface area (Å²) in [6.45, 7) is 6.93. The summed E-state index contributed by atoms with van der Waals surface area (Å²) >= 11 is 0. The van der Waals surface area contributed by atoms with Crippen LogP contribution in [0.25, 0.3) is 0 Å². The van der Waals surface area contributed by atoms with Crippen LogP contribution < -0.4 is 10.1 Å². The van der Waals surface area contributed by atoms with Gasteiger partial charge in [0, 0.05) is 13.1 Å². The number of carbonyl (C=O) groups is 2. The van der Waals surface area contributed by atoms with Crippen molar-refractivity contribution in [3.63, 3.8) is 0 Å². The van der Waals surface area contributed by atoms with E-state index < -0.39 is 6.04 Å². The van der Waals surface area contributed by atoms with Crippen LogP contribution in [0, 0.1) is 6.92 Å². The van der Waals surface area contributed by atoms with E-state index >= 15 is 0 Å². The zero-order chi connectivity index (χ0) is 21.2. The van der Waals surface area contributed by atoms with Crippen molar-refractivity contribution in [2.75, 3.05) is 13.7 Å². The van der Waals surface area contributed by atoms with Crippen molar-refractivity contribution in [1.82, 2.24) is 10.2 Å². The highest BCUT2D eigenvalue weighted by molar-refractivity contribution is 5.88. The normalized spacial score (nSPS) is 11.6. The molecule has 5 heteroatoms. The molecule has 2 aromatic rings. The van der Waals surface area contributed by atoms with Gasteiger partial charge in [0.15, 0.2) is 0 Å². The number of carbonyl (C=O) groups excluding carboxylic acids is 2. The quantitative estimate of drug-likeness (QED) is 0.663. The zero-order valence-corrected chi connectivity index (χ0v) is 17.9. The van der Waals surface area contributed by atoms with E-state index in [-0.39, 0.29) is 18.2 Å². The second-order valence-electron chi connectivity index (χ2n) is 7.25. The first-order valence-corrected chi connectivity index (χ1v) is 10.2. The first-order valence-electron chi connectivity index (χ1n) is 10.2. The Kier molecular flexibility index (Phi) is 8.71. The predicted octanol–water partition coefficient (Wildman–Crippen LogP) is 3.88. The van der Waals surface area contributed by atoms with Crippen LogP contribution >= 0.6 is 0 Å². The van der Waals surface area contributed by atoms with Gasteiger partial charge in [0.25, 0.3) is 0 Å². The lowest BCUT2D eigenvalue weighted by Crippen LogP contribution is -2.49. The number of nitrogens with one attached hydrogen (secondary N) is 1. The average Bonchev–Trinajstić information content (AvgIpc) is 2.72. The molecule has 2 aromatic carbocycles. The topological polar surface area (TPSA) is 58.6 Å². The van der Waals surface area contributed by atoms with Crippen LogP contribution in [0.4, 0.5) is 0 Å². The summed E-state index contributed by atoms with van der Waals surface area (Å²) in [5, 5.41) is 2.94. The van der Waals surface area contributed by atoms with E-state index in [0.717, 1.165) is 28.9 Å². The van der Waals surface area contributed by atoms with Gasteiger partial charge < -0.3 is 15.0 Å². The molecule has 0 saturated carbocycles. The lowest BCUT2D eigenvalue weighted by molar-refractivity contribution is -0.140. The van der Waals surface area contributed by atoms with Gasteiger partial charge in [-0.1, -0.05) is 55.8 Å². The molecule has 0 saturated heterocycles. The van der Waals surface area contributed by atoms with Gasteiger partial charge in [0.2, 0.25) is 11.8 Å². The van der Waals surface area contributed by atoms with Gasteiger partial charge in [-0.25, -0.2) is 0 Å². The van der Waals surface area contributed by atoms with Crippen molar-refractivity contribution in [3.8, 4) is 5.75 Å². The average molecular weight is 397 g/mol. The van der Waals surface area contributed by atoms with Gasteiger partial charge in [-0.05, 0) is 43.0 Å². The number of benzene rings is 2. The fraction of sp³-hybridized carbons (Fsp3) is 0.417. The maximum absolute atomic E-state index is 13.3. The van der Waals surface area contributed by atoms with Crippen molar-refractivity contribution in [2.24, 2.45) is 0 Å². The number of nitrogens with zero attached hydrogens (tertiary/aromatic N) is 1.